The van der Waals surface area contributed by atoms with Crippen molar-refractivity contribution in [3.05, 3.63) is 12.2 Å². The van der Waals surface area contributed by atoms with E-state index < -0.39 is 12.2 Å². The zero-order valence-electron chi connectivity index (χ0n) is 8.10. The standard InChI is InChI=1S/C9H15NO4/c1-9(6-14-9)4-5-13-8(12)3-2-7(10)11/h2-3,8,12H,4-6H2,1H3,(H2,10,11). The second kappa shape index (κ2) is 4.54. The minimum absolute atomic E-state index is 0.0763. The van der Waals surface area contributed by atoms with E-state index in [2.05, 4.69) is 0 Å². The summed E-state index contributed by atoms with van der Waals surface area (Å²) in [6.07, 6.45) is 1.93. The normalized spacial score (nSPS) is 27.9. The zero-order valence-corrected chi connectivity index (χ0v) is 8.10. The lowest BCUT2D eigenvalue weighted by Gasteiger charge is -2.08. The third-order valence-electron chi connectivity index (χ3n) is 1.98. The van der Waals surface area contributed by atoms with Gasteiger partial charge in [-0.1, -0.05) is 0 Å². The molecule has 80 valence electrons. The van der Waals surface area contributed by atoms with Crippen molar-refractivity contribution < 1.29 is 19.4 Å². The number of epoxide rings is 1. The number of aliphatic hydroxyl groups excluding tert-OH is 1. The first kappa shape index (κ1) is 11.2. The minimum Gasteiger partial charge on any atom is -0.370 e. The van der Waals surface area contributed by atoms with Gasteiger partial charge in [0, 0.05) is 12.5 Å². The van der Waals surface area contributed by atoms with E-state index in [0.717, 1.165) is 19.1 Å². The molecule has 5 heteroatoms. The zero-order chi connectivity index (χ0) is 10.6. The molecule has 0 spiro atoms. The van der Waals surface area contributed by atoms with E-state index in [9.17, 15) is 4.79 Å². The molecule has 1 aliphatic heterocycles. The van der Waals surface area contributed by atoms with Crippen LogP contribution in [-0.4, -0.2) is 36.1 Å². The van der Waals surface area contributed by atoms with Gasteiger partial charge in [-0.2, -0.15) is 0 Å². The molecule has 0 aromatic heterocycles. The molecule has 1 saturated heterocycles. The predicted octanol–water partition coefficient (Wildman–Crippen LogP) is -0.458. The Morgan fingerprint density at radius 1 is 1.86 bits per heavy atom. The first-order valence-corrected chi connectivity index (χ1v) is 4.43. The highest BCUT2D eigenvalue weighted by Gasteiger charge is 2.38. The van der Waals surface area contributed by atoms with Crippen molar-refractivity contribution in [1.29, 1.82) is 0 Å². The maximum absolute atomic E-state index is 10.3. The summed E-state index contributed by atoms with van der Waals surface area (Å²) in [4.78, 5) is 10.3. The van der Waals surface area contributed by atoms with Crippen LogP contribution in [0.3, 0.4) is 0 Å². The summed E-state index contributed by atoms with van der Waals surface area (Å²) in [5, 5.41) is 9.16. The molecule has 0 aromatic rings. The number of amides is 1. The van der Waals surface area contributed by atoms with Crippen LogP contribution < -0.4 is 5.73 Å². The Balaban J connectivity index is 2.08. The third-order valence-corrected chi connectivity index (χ3v) is 1.98. The highest BCUT2D eigenvalue weighted by atomic mass is 16.6. The molecule has 2 atom stereocenters. The first-order valence-electron chi connectivity index (χ1n) is 4.43. The fourth-order valence-electron chi connectivity index (χ4n) is 0.896. The molecular weight excluding hydrogens is 186 g/mol. The van der Waals surface area contributed by atoms with Crippen molar-refractivity contribution in [1.82, 2.24) is 0 Å². The summed E-state index contributed by atoms with van der Waals surface area (Å²) in [5.74, 6) is -0.606. The van der Waals surface area contributed by atoms with Crippen LogP contribution in [-0.2, 0) is 14.3 Å². The van der Waals surface area contributed by atoms with Gasteiger partial charge < -0.3 is 20.3 Å². The predicted molar refractivity (Wildman–Crippen MR) is 49.3 cm³/mol. The number of aliphatic hydroxyl groups is 1. The Morgan fingerprint density at radius 3 is 3.00 bits per heavy atom. The van der Waals surface area contributed by atoms with Gasteiger partial charge in [-0.3, -0.25) is 4.79 Å². The fraction of sp³-hybridized carbons (Fsp3) is 0.667. The Hall–Kier alpha value is -0.910. The van der Waals surface area contributed by atoms with Crippen molar-refractivity contribution in [2.75, 3.05) is 13.2 Å². The molecule has 0 saturated carbocycles. The summed E-state index contributed by atoms with van der Waals surface area (Å²) in [6.45, 7) is 3.10. The van der Waals surface area contributed by atoms with Crippen LogP contribution >= 0.6 is 0 Å². The lowest BCUT2D eigenvalue weighted by molar-refractivity contribution is -0.114. The molecule has 3 N–H and O–H groups in total. The number of hydrogen-bond acceptors (Lipinski definition) is 4. The number of nitrogens with two attached hydrogens (primary N) is 1. The Morgan fingerprint density at radius 2 is 2.50 bits per heavy atom. The van der Waals surface area contributed by atoms with Gasteiger partial charge in [0.2, 0.25) is 5.91 Å². The van der Waals surface area contributed by atoms with Crippen molar-refractivity contribution in [3.8, 4) is 0 Å². The van der Waals surface area contributed by atoms with Crippen LogP contribution in [0.1, 0.15) is 13.3 Å². The number of carbonyl (C=O) groups is 1. The molecule has 1 amide bonds. The Kier molecular flexibility index (Phi) is 3.62. The van der Waals surface area contributed by atoms with Gasteiger partial charge in [0.05, 0.1) is 18.8 Å². The smallest absolute Gasteiger partial charge is 0.241 e. The molecule has 1 aliphatic rings. The van der Waals surface area contributed by atoms with Gasteiger partial charge in [0.1, 0.15) is 0 Å². The Labute approximate surface area is 82.5 Å². The molecule has 0 bridgehead atoms. The van der Waals surface area contributed by atoms with Crippen molar-refractivity contribution >= 4 is 5.91 Å². The van der Waals surface area contributed by atoms with Gasteiger partial charge in [-0.15, -0.1) is 0 Å². The quantitative estimate of drug-likeness (QED) is 0.346. The summed E-state index contributed by atoms with van der Waals surface area (Å²) in [6, 6.07) is 0. The number of rotatable bonds is 6. The minimum atomic E-state index is -1.08. The van der Waals surface area contributed by atoms with Crippen LogP contribution in [0, 0.1) is 0 Å². The van der Waals surface area contributed by atoms with E-state index in [0.29, 0.717) is 6.61 Å². The van der Waals surface area contributed by atoms with E-state index >= 15 is 0 Å². The second-order valence-corrected chi connectivity index (χ2v) is 3.51. The monoisotopic (exact) mass is 201 g/mol. The van der Waals surface area contributed by atoms with Crippen molar-refractivity contribution in [2.45, 2.75) is 25.2 Å². The first-order chi connectivity index (χ1) is 6.52. The highest BCUT2D eigenvalue weighted by molar-refractivity contribution is 5.85. The van der Waals surface area contributed by atoms with Crippen LogP contribution in [0.2, 0.25) is 0 Å². The second-order valence-electron chi connectivity index (χ2n) is 3.51. The molecule has 1 rings (SSSR count). The van der Waals surface area contributed by atoms with Crippen LogP contribution in [0.5, 0.6) is 0 Å². The molecular formula is C9H15NO4. The highest BCUT2D eigenvalue weighted by Crippen LogP contribution is 2.29. The lowest BCUT2D eigenvalue weighted by atomic mass is 10.1. The molecule has 5 nitrogen and oxygen atoms in total. The molecule has 2 unspecified atom stereocenters. The summed E-state index contributed by atoms with van der Waals surface area (Å²) in [5.41, 5.74) is 4.76. The summed E-state index contributed by atoms with van der Waals surface area (Å²) < 4.78 is 10.1. The molecule has 0 radical (unpaired) electrons. The van der Waals surface area contributed by atoms with E-state index in [1.54, 1.807) is 0 Å². The van der Waals surface area contributed by atoms with Crippen molar-refractivity contribution in [2.24, 2.45) is 5.73 Å². The molecule has 0 aliphatic carbocycles. The average Bonchev–Trinajstić information content (AvgIpc) is 2.80. The summed E-state index contributed by atoms with van der Waals surface area (Å²) >= 11 is 0. The molecule has 1 fully saturated rings. The van der Waals surface area contributed by atoms with E-state index in [-0.39, 0.29) is 5.60 Å². The van der Waals surface area contributed by atoms with Crippen LogP contribution in [0.25, 0.3) is 0 Å². The van der Waals surface area contributed by atoms with Gasteiger partial charge in [0.15, 0.2) is 6.29 Å². The maximum atomic E-state index is 10.3. The van der Waals surface area contributed by atoms with Gasteiger partial charge in [-0.25, -0.2) is 0 Å². The van der Waals surface area contributed by atoms with Gasteiger partial charge in [0.25, 0.3) is 0 Å². The number of primary amides is 1. The Bertz CT molecular complexity index is 235. The fourth-order valence-corrected chi connectivity index (χ4v) is 0.896. The van der Waals surface area contributed by atoms with E-state index in [1.165, 1.54) is 6.08 Å². The average molecular weight is 201 g/mol. The van der Waals surface area contributed by atoms with Crippen LogP contribution in [0.4, 0.5) is 0 Å². The largest absolute Gasteiger partial charge is 0.370 e. The SMILES string of the molecule is CC1(CCOC(O)C=CC(N)=O)CO1. The van der Waals surface area contributed by atoms with E-state index in [1.807, 2.05) is 6.92 Å². The van der Waals surface area contributed by atoms with Gasteiger partial charge in [-0.05, 0) is 13.0 Å². The maximum Gasteiger partial charge on any atom is 0.241 e. The third kappa shape index (κ3) is 4.36. The lowest BCUT2D eigenvalue weighted by Crippen LogP contribution is -2.16. The number of ether oxygens (including phenoxy) is 2. The van der Waals surface area contributed by atoms with Crippen LogP contribution in [0.15, 0.2) is 12.2 Å². The molecule has 0 aromatic carbocycles. The molecule has 14 heavy (non-hydrogen) atoms. The summed E-state index contributed by atoms with van der Waals surface area (Å²) in [7, 11) is 0. The number of hydrogen-bond donors (Lipinski definition) is 2. The van der Waals surface area contributed by atoms with E-state index in [4.69, 9.17) is 20.3 Å². The van der Waals surface area contributed by atoms with Crippen molar-refractivity contribution in [3.63, 3.8) is 0 Å². The topological polar surface area (TPSA) is 85.1 Å². The number of carbonyl (C=O) groups excluding carboxylic acids is 1. The molecule has 1 heterocycles. The van der Waals surface area contributed by atoms with Gasteiger partial charge >= 0.3 is 0 Å².